The Kier molecular flexibility index (Phi) is 3.79. The number of aromatic nitrogens is 3. The van der Waals surface area contributed by atoms with E-state index in [0.717, 1.165) is 16.3 Å². The molecule has 0 atom stereocenters. The third-order valence-electron chi connectivity index (χ3n) is 3.91. The highest BCUT2D eigenvalue weighted by Crippen LogP contribution is 2.32. The molecule has 3 aromatic rings. The number of carbonyl (C=O) groups is 1. The minimum atomic E-state index is -4.71. The van der Waals surface area contributed by atoms with E-state index in [9.17, 15) is 18.0 Å². The molecule has 0 aliphatic carbocycles. The number of halogens is 3. The molecule has 0 unspecified atom stereocenters. The van der Waals surface area contributed by atoms with Crippen molar-refractivity contribution in [2.45, 2.75) is 26.2 Å². The fourth-order valence-corrected chi connectivity index (χ4v) is 3.51. The predicted octanol–water partition coefficient (Wildman–Crippen LogP) is 3.68. The molecule has 3 heterocycles. The van der Waals surface area contributed by atoms with Crippen LogP contribution in [0.25, 0.3) is 11.4 Å². The van der Waals surface area contributed by atoms with E-state index in [1.165, 1.54) is 17.4 Å². The second-order valence-electron chi connectivity index (χ2n) is 5.84. The number of amides is 1. The first-order valence-corrected chi connectivity index (χ1v) is 8.44. The summed E-state index contributed by atoms with van der Waals surface area (Å²) < 4.78 is 42.0. The normalized spacial score (nSPS) is 14.2. The molecule has 1 aromatic carbocycles. The number of thiazole rings is 1. The molecule has 0 fully saturated rings. The molecule has 10 heteroatoms. The van der Waals surface area contributed by atoms with E-state index in [1.54, 1.807) is 17.0 Å². The summed E-state index contributed by atoms with van der Waals surface area (Å²) in [5.41, 5.74) is 2.41. The van der Waals surface area contributed by atoms with Crippen LogP contribution in [0.2, 0.25) is 0 Å². The Morgan fingerprint density at radius 1 is 1.31 bits per heavy atom. The molecule has 0 bridgehead atoms. The van der Waals surface area contributed by atoms with Gasteiger partial charge in [-0.15, -0.1) is 11.3 Å². The van der Waals surface area contributed by atoms with Crippen LogP contribution in [0.3, 0.4) is 0 Å². The topological polar surface area (TPSA) is 72.1 Å². The minimum absolute atomic E-state index is 0.200. The summed E-state index contributed by atoms with van der Waals surface area (Å²) in [7, 11) is 0. The van der Waals surface area contributed by atoms with Gasteiger partial charge in [-0.05, 0) is 18.6 Å². The van der Waals surface area contributed by atoms with E-state index in [0.29, 0.717) is 24.2 Å². The molecule has 0 N–H and O–H groups in total. The number of hydrogen-bond acceptors (Lipinski definition) is 6. The van der Waals surface area contributed by atoms with Gasteiger partial charge in [0, 0.05) is 28.7 Å². The third-order valence-corrected chi connectivity index (χ3v) is 4.86. The highest BCUT2D eigenvalue weighted by atomic mass is 32.1. The molecular weight excluding hydrogens is 369 g/mol. The summed E-state index contributed by atoms with van der Waals surface area (Å²) in [5.74, 6) is -1.82. The zero-order valence-corrected chi connectivity index (χ0v) is 14.2. The molecule has 134 valence electrons. The van der Waals surface area contributed by atoms with Crippen molar-refractivity contribution in [2.24, 2.45) is 0 Å². The lowest BCUT2D eigenvalue weighted by atomic mass is 10.1. The second kappa shape index (κ2) is 5.90. The van der Waals surface area contributed by atoms with Crippen molar-refractivity contribution in [2.75, 3.05) is 0 Å². The largest absolute Gasteiger partial charge is 0.471 e. The number of alkyl halides is 3. The first-order valence-electron chi connectivity index (χ1n) is 7.56. The van der Waals surface area contributed by atoms with Gasteiger partial charge < -0.3 is 9.42 Å². The SMILES string of the molecule is Cc1csc(CN2Cc3ccc(-c4noc(C(F)(F)F)n4)cc3C2=O)n1. The van der Waals surface area contributed by atoms with Crippen molar-refractivity contribution >= 4 is 17.2 Å². The first kappa shape index (κ1) is 16.7. The lowest BCUT2D eigenvalue weighted by Crippen LogP contribution is -2.23. The predicted molar refractivity (Wildman–Crippen MR) is 85.2 cm³/mol. The number of fused-ring (bicyclic) bond motifs is 1. The summed E-state index contributed by atoms with van der Waals surface area (Å²) >= 11 is 1.48. The van der Waals surface area contributed by atoms with Gasteiger partial charge in [-0.3, -0.25) is 4.79 Å². The van der Waals surface area contributed by atoms with Crippen LogP contribution in [0, 0.1) is 6.92 Å². The Labute approximate surface area is 149 Å². The van der Waals surface area contributed by atoms with Gasteiger partial charge in [0.2, 0.25) is 5.82 Å². The maximum atomic E-state index is 12.6. The molecule has 0 spiro atoms. The molecule has 26 heavy (non-hydrogen) atoms. The van der Waals surface area contributed by atoms with Gasteiger partial charge in [-0.2, -0.15) is 18.2 Å². The average Bonchev–Trinajstić information content (AvgIpc) is 3.28. The Morgan fingerprint density at radius 3 is 2.77 bits per heavy atom. The minimum Gasteiger partial charge on any atom is -0.329 e. The second-order valence-corrected chi connectivity index (χ2v) is 6.78. The molecule has 4 rings (SSSR count). The highest BCUT2D eigenvalue weighted by molar-refractivity contribution is 7.09. The molecular formula is C16H11F3N4O2S. The first-order chi connectivity index (χ1) is 12.3. The fraction of sp³-hybridized carbons (Fsp3) is 0.250. The lowest BCUT2D eigenvalue weighted by molar-refractivity contribution is -0.159. The summed E-state index contributed by atoms with van der Waals surface area (Å²) in [6.45, 7) is 2.70. The number of hydrogen-bond donors (Lipinski definition) is 0. The fourth-order valence-electron chi connectivity index (χ4n) is 2.72. The van der Waals surface area contributed by atoms with Crippen LogP contribution < -0.4 is 0 Å². The van der Waals surface area contributed by atoms with Gasteiger partial charge >= 0.3 is 12.1 Å². The molecule has 0 saturated heterocycles. The van der Waals surface area contributed by atoms with E-state index in [1.807, 2.05) is 12.3 Å². The molecule has 1 aliphatic rings. The third kappa shape index (κ3) is 2.96. The molecule has 1 amide bonds. The molecule has 0 radical (unpaired) electrons. The van der Waals surface area contributed by atoms with E-state index in [-0.39, 0.29) is 11.7 Å². The standard InChI is InChI=1S/C16H11F3N4O2S/c1-8-7-26-12(20-8)6-23-5-10-3-2-9(4-11(10)14(23)24)13-21-15(25-22-13)16(17,18)19/h2-4,7H,5-6H2,1H3. The summed E-state index contributed by atoms with van der Waals surface area (Å²) in [6, 6.07) is 4.77. The smallest absolute Gasteiger partial charge is 0.329 e. The highest BCUT2D eigenvalue weighted by Gasteiger charge is 2.38. The van der Waals surface area contributed by atoms with Crippen molar-refractivity contribution in [3.63, 3.8) is 0 Å². The maximum absolute atomic E-state index is 12.6. The van der Waals surface area contributed by atoms with Crippen LogP contribution in [-0.4, -0.2) is 25.9 Å². The monoisotopic (exact) mass is 380 g/mol. The quantitative estimate of drug-likeness (QED) is 0.693. The van der Waals surface area contributed by atoms with Crippen LogP contribution >= 0.6 is 11.3 Å². The number of nitrogens with zero attached hydrogens (tertiary/aromatic N) is 4. The zero-order chi connectivity index (χ0) is 18.5. The van der Waals surface area contributed by atoms with Crippen LogP contribution in [0.4, 0.5) is 13.2 Å². The Balaban J connectivity index is 1.59. The summed E-state index contributed by atoms with van der Waals surface area (Å²) in [5, 5.41) is 6.10. The lowest BCUT2D eigenvalue weighted by Gasteiger charge is -2.13. The number of benzene rings is 1. The summed E-state index contributed by atoms with van der Waals surface area (Å²) in [6.07, 6.45) is -4.71. The van der Waals surface area contributed by atoms with Crippen molar-refractivity contribution in [1.29, 1.82) is 0 Å². The number of aryl methyl sites for hydroxylation is 1. The van der Waals surface area contributed by atoms with Gasteiger partial charge in [-0.1, -0.05) is 17.3 Å². The van der Waals surface area contributed by atoms with Crippen molar-refractivity contribution in [1.82, 2.24) is 20.0 Å². The van der Waals surface area contributed by atoms with Gasteiger partial charge in [0.05, 0.1) is 6.54 Å². The molecule has 6 nitrogen and oxygen atoms in total. The molecule has 1 aliphatic heterocycles. The molecule has 2 aromatic heterocycles. The number of rotatable bonds is 3. The number of carbonyl (C=O) groups excluding carboxylic acids is 1. The average molecular weight is 380 g/mol. The van der Waals surface area contributed by atoms with Crippen LogP contribution in [-0.2, 0) is 19.3 Å². The van der Waals surface area contributed by atoms with Gasteiger partial charge in [0.1, 0.15) is 5.01 Å². The van der Waals surface area contributed by atoms with Crippen molar-refractivity contribution < 1.29 is 22.5 Å². The molecule has 0 saturated carbocycles. The van der Waals surface area contributed by atoms with Crippen LogP contribution in [0.15, 0.2) is 28.1 Å². The van der Waals surface area contributed by atoms with E-state index in [4.69, 9.17) is 0 Å². The Morgan fingerprint density at radius 2 is 2.12 bits per heavy atom. The van der Waals surface area contributed by atoms with Gasteiger partial charge in [-0.25, -0.2) is 4.98 Å². The maximum Gasteiger partial charge on any atom is 0.471 e. The zero-order valence-electron chi connectivity index (χ0n) is 13.4. The van der Waals surface area contributed by atoms with Crippen molar-refractivity contribution in [3.05, 3.63) is 51.3 Å². The summed E-state index contributed by atoms with van der Waals surface area (Å²) in [4.78, 5) is 22.0. The van der Waals surface area contributed by atoms with Crippen LogP contribution in [0.1, 0.15) is 32.5 Å². The van der Waals surface area contributed by atoms with Gasteiger partial charge in [0.25, 0.3) is 5.91 Å². The Bertz CT molecular complexity index is 996. The van der Waals surface area contributed by atoms with E-state index >= 15 is 0 Å². The van der Waals surface area contributed by atoms with E-state index in [2.05, 4.69) is 19.6 Å². The van der Waals surface area contributed by atoms with Gasteiger partial charge in [0.15, 0.2) is 0 Å². The van der Waals surface area contributed by atoms with Crippen LogP contribution in [0.5, 0.6) is 0 Å². The Hall–Kier alpha value is -2.75. The van der Waals surface area contributed by atoms with E-state index < -0.39 is 12.1 Å². The van der Waals surface area contributed by atoms with Crippen molar-refractivity contribution in [3.8, 4) is 11.4 Å².